The lowest BCUT2D eigenvalue weighted by molar-refractivity contribution is -0.139. The fourth-order valence-electron chi connectivity index (χ4n) is 3.04. The molecule has 0 saturated carbocycles. The minimum atomic E-state index is -4.58. The number of H-pyrrole nitrogens is 1. The molecule has 2 aromatic rings. The van der Waals surface area contributed by atoms with Crippen molar-refractivity contribution >= 4 is 0 Å². The highest BCUT2D eigenvalue weighted by Gasteiger charge is 2.56. The molecule has 4 atom stereocenters. The van der Waals surface area contributed by atoms with Gasteiger partial charge in [0.2, 0.25) is 0 Å². The van der Waals surface area contributed by atoms with Gasteiger partial charge in [0.15, 0.2) is 6.23 Å². The maximum absolute atomic E-state index is 12.7. The van der Waals surface area contributed by atoms with E-state index in [1.54, 1.807) is 0 Å². The number of aromatic nitrogens is 2. The van der Waals surface area contributed by atoms with Gasteiger partial charge in [-0.05, 0) is 17.7 Å². The van der Waals surface area contributed by atoms with Crippen LogP contribution in [-0.2, 0) is 16.5 Å². The van der Waals surface area contributed by atoms with Gasteiger partial charge < -0.3 is 20.1 Å². The molecular weight excluding hydrogens is 373 g/mol. The summed E-state index contributed by atoms with van der Waals surface area (Å²) in [6.07, 6.45) is -8.50. The fraction of sp³-hybridized carbons (Fsp3) is 0.375. The van der Waals surface area contributed by atoms with Crippen molar-refractivity contribution in [2.75, 3.05) is 6.61 Å². The molecule has 0 aliphatic carbocycles. The predicted octanol–water partition coefficient (Wildman–Crippen LogP) is -0.306. The summed E-state index contributed by atoms with van der Waals surface area (Å²) >= 11 is 0. The van der Waals surface area contributed by atoms with E-state index < -0.39 is 53.6 Å². The summed E-state index contributed by atoms with van der Waals surface area (Å²) in [5, 5.41) is 30.5. The summed E-state index contributed by atoms with van der Waals surface area (Å²) in [7, 11) is 0. The van der Waals surface area contributed by atoms with Gasteiger partial charge in [0.05, 0.1) is 12.2 Å². The van der Waals surface area contributed by atoms with Crippen LogP contribution in [0.5, 0.6) is 0 Å². The van der Waals surface area contributed by atoms with Crippen LogP contribution in [0.15, 0.2) is 46.1 Å². The SMILES string of the molecule is O=c1ccn([C@@H]2O[C@@](CO)(c3ccc(C(F)(F)F)cc3)[C@@H](O)[C@H]2O)c(=O)[nH]1. The summed E-state index contributed by atoms with van der Waals surface area (Å²) < 4.78 is 44.6. The second kappa shape index (κ2) is 6.60. The van der Waals surface area contributed by atoms with Crippen LogP contribution in [0.4, 0.5) is 13.2 Å². The highest BCUT2D eigenvalue weighted by Crippen LogP contribution is 2.44. The number of aliphatic hydroxyl groups is 3. The molecule has 0 bridgehead atoms. The van der Waals surface area contributed by atoms with Gasteiger partial charge in [0, 0.05) is 12.3 Å². The number of benzene rings is 1. The molecule has 27 heavy (non-hydrogen) atoms. The third-order valence-corrected chi connectivity index (χ3v) is 4.49. The molecule has 0 unspecified atom stereocenters. The van der Waals surface area contributed by atoms with Crippen molar-refractivity contribution < 1.29 is 33.2 Å². The number of nitrogens with one attached hydrogen (secondary N) is 1. The Morgan fingerprint density at radius 2 is 1.78 bits per heavy atom. The number of nitrogens with zero attached hydrogens (tertiary/aromatic N) is 1. The van der Waals surface area contributed by atoms with Gasteiger partial charge in [-0.2, -0.15) is 13.2 Å². The van der Waals surface area contributed by atoms with E-state index in [9.17, 15) is 38.1 Å². The summed E-state index contributed by atoms with van der Waals surface area (Å²) in [6.45, 7) is -0.884. The maximum Gasteiger partial charge on any atom is 0.416 e. The third-order valence-electron chi connectivity index (χ3n) is 4.49. The Kier molecular flexibility index (Phi) is 4.72. The van der Waals surface area contributed by atoms with Crippen LogP contribution in [0.2, 0.25) is 0 Å². The molecule has 1 aromatic heterocycles. The minimum absolute atomic E-state index is 0.0236. The molecular formula is C16H15F3N2O6. The lowest BCUT2D eigenvalue weighted by Gasteiger charge is -2.30. The predicted molar refractivity (Wildman–Crippen MR) is 83.7 cm³/mol. The van der Waals surface area contributed by atoms with Crippen molar-refractivity contribution in [3.8, 4) is 0 Å². The standard InChI is InChI=1S/C16H15F3N2O6/c17-16(18,19)9-3-1-8(2-4-9)15(7-22)12(25)11(24)13(27-15)21-6-5-10(23)20-14(21)26/h1-6,11-13,22,24-25H,7H2,(H,20,23,26)/t11-,12+,13-,15+/m1/s1. The molecule has 0 spiro atoms. The van der Waals surface area contributed by atoms with E-state index >= 15 is 0 Å². The van der Waals surface area contributed by atoms with Crippen LogP contribution >= 0.6 is 0 Å². The molecule has 1 fully saturated rings. The van der Waals surface area contributed by atoms with E-state index in [1.165, 1.54) is 0 Å². The quantitative estimate of drug-likeness (QED) is 0.572. The van der Waals surface area contributed by atoms with Crippen molar-refractivity contribution in [1.29, 1.82) is 0 Å². The van der Waals surface area contributed by atoms with Crippen LogP contribution in [0.1, 0.15) is 17.4 Å². The Balaban J connectivity index is 2.03. The van der Waals surface area contributed by atoms with E-state index in [-0.39, 0.29) is 5.56 Å². The molecule has 11 heteroatoms. The highest BCUT2D eigenvalue weighted by atomic mass is 19.4. The number of aromatic amines is 1. The van der Waals surface area contributed by atoms with E-state index in [2.05, 4.69) is 0 Å². The van der Waals surface area contributed by atoms with E-state index in [4.69, 9.17) is 4.74 Å². The van der Waals surface area contributed by atoms with Crippen LogP contribution in [0.3, 0.4) is 0 Å². The van der Waals surface area contributed by atoms with Crippen LogP contribution in [0.25, 0.3) is 0 Å². The van der Waals surface area contributed by atoms with Crippen molar-refractivity contribution in [1.82, 2.24) is 9.55 Å². The Bertz CT molecular complexity index is 939. The molecule has 4 N–H and O–H groups in total. The molecule has 1 aliphatic rings. The van der Waals surface area contributed by atoms with E-state index in [0.29, 0.717) is 0 Å². The molecule has 3 rings (SSSR count). The molecule has 0 radical (unpaired) electrons. The average molecular weight is 388 g/mol. The Labute approximate surface area is 149 Å². The molecule has 8 nitrogen and oxygen atoms in total. The molecule has 146 valence electrons. The Hall–Kier alpha value is -2.47. The van der Waals surface area contributed by atoms with Crippen molar-refractivity contribution in [3.05, 3.63) is 68.5 Å². The van der Waals surface area contributed by atoms with Crippen molar-refractivity contribution in [2.24, 2.45) is 0 Å². The second-order valence-corrected chi connectivity index (χ2v) is 6.08. The van der Waals surface area contributed by atoms with E-state index in [0.717, 1.165) is 41.1 Å². The zero-order valence-corrected chi connectivity index (χ0v) is 13.6. The number of halogens is 3. The first-order valence-corrected chi connectivity index (χ1v) is 7.74. The van der Waals surface area contributed by atoms with E-state index in [1.807, 2.05) is 4.98 Å². The fourth-order valence-corrected chi connectivity index (χ4v) is 3.04. The average Bonchev–Trinajstić information content (AvgIpc) is 2.87. The summed E-state index contributed by atoms with van der Waals surface area (Å²) in [5.74, 6) is 0. The molecule has 0 amide bonds. The zero-order valence-electron chi connectivity index (χ0n) is 13.6. The normalized spacial score (nSPS) is 28.4. The van der Waals surface area contributed by atoms with Gasteiger partial charge in [-0.25, -0.2) is 4.79 Å². The molecule has 1 aromatic carbocycles. The smallest absolute Gasteiger partial charge is 0.393 e. The largest absolute Gasteiger partial charge is 0.416 e. The summed E-state index contributed by atoms with van der Waals surface area (Å²) in [6, 6.07) is 4.49. The number of ether oxygens (including phenoxy) is 1. The number of rotatable bonds is 3. The third kappa shape index (κ3) is 3.18. The van der Waals surface area contributed by atoms with Gasteiger partial charge in [-0.1, -0.05) is 12.1 Å². The zero-order chi connectivity index (χ0) is 20.0. The summed E-state index contributed by atoms with van der Waals surface area (Å²) in [4.78, 5) is 25.0. The second-order valence-electron chi connectivity index (χ2n) is 6.08. The molecule has 1 aliphatic heterocycles. The van der Waals surface area contributed by atoms with Gasteiger partial charge in [-0.15, -0.1) is 0 Å². The van der Waals surface area contributed by atoms with Crippen LogP contribution < -0.4 is 11.2 Å². The first-order chi connectivity index (χ1) is 12.6. The van der Waals surface area contributed by atoms with Gasteiger partial charge >= 0.3 is 11.9 Å². The number of hydrogen-bond donors (Lipinski definition) is 4. The Morgan fingerprint density at radius 3 is 2.30 bits per heavy atom. The van der Waals surface area contributed by atoms with Crippen molar-refractivity contribution in [3.63, 3.8) is 0 Å². The van der Waals surface area contributed by atoms with Gasteiger partial charge in [-0.3, -0.25) is 14.3 Å². The first-order valence-electron chi connectivity index (χ1n) is 7.74. The number of hydrogen-bond acceptors (Lipinski definition) is 6. The highest BCUT2D eigenvalue weighted by molar-refractivity contribution is 5.31. The molecule has 2 heterocycles. The monoisotopic (exact) mass is 388 g/mol. The van der Waals surface area contributed by atoms with Crippen LogP contribution in [0, 0.1) is 0 Å². The topological polar surface area (TPSA) is 125 Å². The lowest BCUT2D eigenvalue weighted by atomic mass is 9.87. The van der Waals surface area contributed by atoms with Crippen molar-refractivity contribution in [2.45, 2.75) is 30.2 Å². The number of alkyl halides is 3. The maximum atomic E-state index is 12.7. The lowest BCUT2D eigenvalue weighted by Crippen LogP contribution is -2.43. The summed E-state index contributed by atoms with van der Waals surface area (Å²) in [5.41, 5.74) is -4.56. The Morgan fingerprint density at radius 1 is 1.15 bits per heavy atom. The van der Waals surface area contributed by atoms with Gasteiger partial charge in [0.25, 0.3) is 5.56 Å². The van der Waals surface area contributed by atoms with Gasteiger partial charge in [0.1, 0.15) is 17.8 Å². The first kappa shape index (κ1) is 19.3. The number of aliphatic hydroxyl groups excluding tert-OH is 3. The van der Waals surface area contributed by atoms with Crippen LogP contribution in [-0.4, -0.2) is 43.7 Å². The molecule has 1 saturated heterocycles. The minimum Gasteiger partial charge on any atom is -0.393 e.